The molecule has 0 aromatic heterocycles. The Morgan fingerprint density at radius 2 is 1.69 bits per heavy atom. The van der Waals surface area contributed by atoms with Crippen LogP contribution in [0.25, 0.3) is 0 Å². The third-order valence-corrected chi connectivity index (χ3v) is 4.49. The molecule has 1 unspecified atom stereocenters. The number of hydrogen-bond acceptors (Lipinski definition) is 4. The minimum Gasteiger partial charge on any atom is -0.507 e. The van der Waals surface area contributed by atoms with Crippen LogP contribution in [0.5, 0.6) is 17.2 Å². The zero-order chi connectivity index (χ0) is 18.9. The maximum Gasteiger partial charge on any atom is 0.132 e. The van der Waals surface area contributed by atoms with Gasteiger partial charge in [0.15, 0.2) is 0 Å². The molecule has 2 rings (SSSR count). The van der Waals surface area contributed by atoms with E-state index in [0.717, 1.165) is 29.7 Å². The highest BCUT2D eigenvalue weighted by molar-refractivity contribution is 5.78. The number of carbonyl (C=O) groups is 1. The van der Waals surface area contributed by atoms with Crippen LogP contribution in [0.2, 0.25) is 0 Å². The molecule has 0 fully saturated rings. The molecule has 0 heterocycles. The lowest BCUT2D eigenvalue weighted by molar-refractivity contribution is -0.120. The second-order valence-corrected chi connectivity index (χ2v) is 6.63. The number of aromatic hydroxyl groups is 1. The maximum atomic E-state index is 11.4. The van der Waals surface area contributed by atoms with Gasteiger partial charge in [0.1, 0.15) is 23.0 Å². The molecular formula is C22H28O4. The topological polar surface area (TPSA) is 55.8 Å². The van der Waals surface area contributed by atoms with E-state index in [1.165, 1.54) is 0 Å². The van der Waals surface area contributed by atoms with Gasteiger partial charge in [0.25, 0.3) is 0 Å². The van der Waals surface area contributed by atoms with E-state index in [0.29, 0.717) is 25.4 Å². The van der Waals surface area contributed by atoms with Gasteiger partial charge in [0.05, 0.1) is 13.2 Å². The number of hydrogen-bond donors (Lipinski definition) is 1. The van der Waals surface area contributed by atoms with E-state index in [4.69, 9.17) is 9.47 Å². The molecule has 0 saturated heterocycles. The molecule has 0 spiro atoms. The van der Waals surface area contributed by atoms with E-state index in [-0.39, 0.29) is 17.5 Å². The van der Waals surface area contributed by atoms with Crippen molar-refractivity contribution in [3.8, 4) is 17.2 Å². The summed E-state index contributed by atoms with van der Waals surface area (Å²) >= 11 is 0. The summed E-state index contributed by atoms with van der Waals surface area (Å²) < 4.78 is 11.4. The maximum absolute atomic E-state index is 11.4. The number of Topliss-reactive ketones (excluding diaryl/α,β-unsaturated/α-hetero) is 1. The Bertz CT molecular complexity index is 710. The number of ketones is 1. The molecule has 4 heteroatoms. The highest BCUT2D eigenvalue weighted by atomic mass is 16.5. The largest absolute Gasteiger partial charge is 0.507 e. The molecule has 0 amide bonds. The Morgan fingerprint density at radius 1 is 1.04 bits per heavy atom. The molecule has 2 aromatic rings. The highest BCUT2D eigenvalue weighted by Gasteiger charge is 2.15. The first-order chi connectivity index (χ1) is 12.5. The van der Waals surface area contributed by atoms with Crippen LogP contribution in [0.1, 0.15) is 37.8 Å². The number of carbonyl (C=O) groups excluding carboxylic acids is 1. The summed E-state index contributed by atoms with van der Waals surface area (Å²) in [4.78, 5) is 11.4. The molecule has 0 aliphatic rings. The Labute approximate surface area is 155 Å². The smallest absolute Gasteiger partial charge is 0.132 e. The van der Waals surface area contributed by atoms with Crippen LogP contribution in [0.4, 0.5) is 0 Å². The van der Waals surface area contributed by atoms with Crippen LogP contribution in [0.3, 0.4) is 0 Å². The zero-order valence-electron chi connectivity index (χ0n) is 15.8. The number of phenolic OH excluding ortho intramolecular Hbond substituents is 1. The molecule has 4 nitrogen and oxygen atoms in total. The number of phenols is 1. The second-order valence-electron chi connectivity index (χ2n) is 6.63. The van der Waals surface area contributed by atoms with Crippen molar-refractivity contribution < 1.29 is 19.4 Å². The third kappa shape index (κ3) is 5.80. The lowest BCUT2D eigenvalue weighted by atomic mass is 9.95. The van der Waals surface area contributed by atoms with E-state index >= 15 is 0 Å². The fourth-order valence-corrected chi connectivity index (χ4v) is 2.63. The van der Waals surface area contributed by atoms with Crippen molar-refractivity contribution >= 4 is 5.78 Å². The van der Waals surface area contributed by atoms with Gasteiger partial charge >= 0.3 is 0 Å². The van der Waals surface area contributed by atoms with E-state index in [1.807, 2.05) is 56.3 Å². The number of benzene rings is 2. The van der Waals surface area contributed by atoms with Gasteiger partial charge in [-0.2, -0.15) is 0 Å². The van der Waals surface area contributed by atoms with Crippen molar-refractivity contribution in [1.29, 1.82) is 0 Å². The summed E-state index contributed by atoms with van der Waals surface area (Å²) in [6.45, 7) is 6.51. The molecular weight excluding hydrogens is 328 g/mol. The molecule has 1 N–H and O–H groups in total. The van der Waals surface area contributed by atoms with Crippen molar-refractivity contribution in [2.75, 3.05) is 13.2 Å². The van der Waals surface area contributed by atoms with Gasteiger partial charge in [-0.05, 0) is 56.9 Å². The molecule has 0 saturated carbocycles. The van der Waals surface area contributed by atoms with E-state index in [1.54, 1.807) is 6.92 Å². The first-order valence-electron chi connectivity index (χ1n) is 9.11. The van der Waals surface area contributed by atoms with Gasteiger partial charge in [0.2, 0.25) is 0 Å². The number of unbranched alkanes of at least 4 members (excludes halogenated alkanes) is 1. The summed E-state index contributed by atoms with van der Waals surface area (Å²) in [6, 6.07) is 13.5. The van der Waals surface area contributed by atoms with Crippen molar-refractivity contribution in [2.45, 2.75) is 40.0 Å². The second kappa shape index (κ2) is 9.85. The monoisotopic (exact) mass is 356 g/mol. The quantitative estimate of drug-likeness (QED) is 0.627. The molecule has 0 radical (unpaired) electrons. The van der Waals surface area contributed by atoms with Gasteiger partial charge in [-0.1, -0.05) is 31.2 Å². The van der Waals surface area contributed by atoms with Gasteiger partial charge < -0.3 is 14.6 Å². The highest BCUT2D eigenvalue weighted by Crippen LogP contribution is 2.32. The van der Waals surface area contributed by atoms with Crippen LogP contribution < -0.4 is 9.47 Å². The summed E-state index contributed by atoms with van der Waals surface area (Å²) in [5, 5.41) is 10.4. The zero-order valence-corrected chi connectivity index (χ0v) is 15.8. The van der Waals surface area contributed by atoms with Crippen LogP contribution in [-0.4, -0.2) is 24.1 Å². The van der Waals surface area contributed by atoms with E-state index < -0.39 is 0 Å². The van der Waals surface area contributed by atoms with Gasteiger partial charge in [-0.3, -0.25) is 4.79 Å². The number of rotatable bonds is 10. The molecule has 0 aliphatic heterocycles. The van der Waals surface area contributed by atoms with Gasteiger partial charge in [-0.25, -0.2) is 0 Å². The predicted octanol–water partition coefficient (Wildman–Crippen LogP) is 4.71. The van der Waals surface area contributed by atoms with Crippen molar-refractivity contribution in [3.63, 3.8) is 0 Å². The van der Waals surface area contributed by atoms with Crippen molar-refractivity contribution in [2.24, 2.45) is 5.92 Å². The van der Waals surface area contributed by atoms with E-state index in [9.17, 15) is 9.90 Å². The Kier molecular flexibility index (Phi) is 7.52. The summed E-state index contributed by atoms with van der Waals surface area (Å²) in [7, 11) is 0. The fraction of sp³-hybridized carbons (Fsp3) is 0.409. The molecule has 26 heavy (non-hydrogen) atoms. The number of ether oxygens (including phenoxy) is 2. The average Bonchev–Trinajstić information content (AvgIpc) is 2.64. The van der Waals surface area contributed by atoms with Crippen LogP contribution in [-0.2, 0) is 11.2 Å². The first kappa shape index (κ1) is 19.8. The normalized spacial score (nSPS) is 11.8. The van der Waals surface area contributed by atoms with Crippen molar-refractivity contribution in [1.82, 2.24) is 0 Å². The third-order valence-electron chi connectivity index (χ3n) is 4.49. The SMILES string of the molecule is CC(=O)C(C)Cc1ccc(OCCCCOc2ccccc2)c(C)c1O. The summed E-state index contributed by atoms with van der Waals surface area (Å²) in [5.74, 6) is 1.81. The van der Waals surface area contributed by atoms with Crippen molar-refractivity contribution in [3.05, 3.63) is 53.6 Å². The Morgan fingerprint density at radius 3 is 2.35 bits per heavy atom. The molecule has 1 atom stereocenters. The minimum absolute atomic E-state index is 0.100. The lowest BCUT2D eigenvalue weighted by Gasteiger charge is -2.15. The standard InChI is InChI=1S/C22H28O4/c1-16(18(3)23)15-19-11-12-21(17(2)22(19)24)26-14-8-7-13-25-20-9-5-4-6-10-20/h4-6,9-12,16,24H,7-8,13-15H2,1-3H3. The molecule has 2 aromatic carbocycles. The van der Waals surface area contributed by atoms with Gasteiger partial charge in [0, 0.05) is 11.5 Å². The van der Waals surface area contributed by atoms with Crippen LogP contribution in [0.15, 0.2) is 42.5 Å². The lowest BCUT2D eigenvalue weighted by Crippen LogP contribution is -2.10. The van der Waals surface area contributed by atoms with Gasteiger partial charge in [-0.15, -0.1) is 0 Å². The first-order valence-corrected chi connectivity index (χ1v) is 9.11. The van der Waals surface area contributed by atoms with E-state index in [2.05, 4.69) is 0 Å². The number of para-hydroxylation sites is 1. The summed E-state index contributed by atoms with van der Waals surface area (Å²) in [5.41, 5.74) is 1.51. The molecule has 0 aliphatic carbocycles. The average molecular weight is 356 g/mol. The summed E-state index contributed by atoms with van der Waals surface area (Å²) in [6.07, 6.45) is 2.31. The van der Waals surface area contributed by atoms with Crippen LogP contribution in [0, 0.1) is 12.8 Å². The Balaban J connectivity index is 1.77. The molecule has 0 bridgehead atoms. The minimum atomic E-state index is -0.100. The van der Waals surface area contributed by atoms with Crippen LogP contribution >= 0.6 is 0 Å². The predicted molar refractivity (Wildman–Crippen MR) is 103 cm³/mol. The fourth-order valence-electron chi connectivity index (χ4n) is 2.63. The molecule has 140 valence electrons. The Hall–Kier alpha value is -2.49.